The Labute approximate surface area is 150 Å². The van der Waals surface area contributed by atoms with Crippen LogP contribution in [0.1, 0.15) is 27.4 Å². The predicted molar refractivity (Wildman–Crippen MR) is 93.1 cm³/mol. The lowest BCUT2D eigenvalue weighted by atomic mass is 10.2. The molecule has 9 heteroatoms. The van der Waals surface area contributed by atoms with Crippen molar-refractivity contribution in [3.8, 4) is 0 Å². The van der Waals surface area contributed by atoms with Crippen LogP contribution in [-0.2, 0) is 5.75 Å². The fourth-order valence-electron chi connectivity index (χ4n) is 1.90. The van der Waals surface area contributed by atoms with Crippen LogP contribution < -0.4 is 5.32 Å². The summed E-state index contributed by atoms with van der Waals surface area (Å²) in [5, 5.41) is 8.96. The van der Waals surface area contributed by atoms with Crippen LogP contribution in [0.3, 0.4) is 0 Å². The average Bonchev–Trinajstić information content (AvgIpc) is 3.10. The molecule has 1 N–H and O–H groups in total. The lowest BCUT2D eigenvalue weighted by molar-refractivity contribution is 0.102. The van der Waals surface area contributed by atoms with Crippen molar-refractivity contribution in [2.45, 2.75) is 17.1 Å². The Balaban J connectivity index is 1.58. The second kappa shape index (κ2) is 8.13. The van der Waals surface area contributed by atoms with E-state index in [0.29, 0.717) is 16.9 Å². The number of halogens is 2. The van der Waals surface area contributed by atoms with Gasteiger partial charge in [0.05, 0.1) is 0 Å². The molecule has 0 atom stereocenters. The van der Waals surface area contributed by atoms with Gasteiger partial charge in [0, 0.05) is 28.6 Å². The third-order valence-corrected chi connectivity index (χ3v) is 5.02. The number of nitrogens with one attached hydrogen (secondary N) is 1. The predicted octanol–water partition coefficient (Wildman–Crippen LogP) is 4.42. The SMILES string of the molecule is O=C(Nc1nnc(C(F)F)s1)c1ccc(SCc2cccnc2)cc1. The zero-order chi connectivity index (χ0) is 17.6. The van der Waals surface area contributed by atoms with Crippen molar-refractivity contribution in [3.63, 3.8) is 0 Å². The molecule has 0 radical (unpaired) electrons. The normalized spacial score (nSPS) is 10.8. The minimum Gasteiger partial charge on any atom is -0.296 e. The van der Waals surface area contributed by atoms with E-state index in [2.05, 4.69) is 20.5 Å². The van der Waals surface area contributed by atoms with Crippen LogP contribution in [0.15, 0.2) is 53.7 Å². The molecule has 3 rings (SSSR count). The fraction of sp³-hybridized carbons (Fsp3) is 0.125. The number of aromatic nitrogens is 3. The van der Waals surface area contributed by atoms with Gasteiger partial charge >= 0.3 is 0 Å². The van der Waals surface area contributed by atoms with Crippen LogP contribution in [0.25, 0.3) is 0 Å². The van der Waals surface area contributed by atoms with Crippen molar-refractivity contribution in [3.05, 3.63) is 64.9 Å². The summed E-state index contributed by atoms with van der Waals surface area (Å²) in [6.45, 7) is 0. The van der Waals surface area contributed by atoms with E-state index >= 15 is 0 Å². The highest BCUT2D eigenvalue weighted by Crippen LogP contribution is 2.26. The minimum atomic E-state index is -2.70. The van der Waals surface area contributed by atoms with Crippen LogP contribution in [-0.4, -0.2) is 21.1 Å². The van der Waals surface area contributed by atoms with E-state index in [0.717, 1.165) is 16.2 Å². The minimum absolute atomic E-state index is 0.0512. The molecule has 3 aromatic rings. The standard InChI is InChI=1S/C16H12F2N4OS2/c17-13(18)15-21-22-16(25-15)20-14(23)11-3-5-12(6-4-11)24-9-10-2-1-7-19-8-10/h1-8,13H,9H2,(H,20,22,23). The molecule has 1 amide bonds. The molecule has 1 aromatic carbocycles. The van der Waals surface area contributed by atoms with Gasteiger partial charge in [-0.15, -0.1) is 22.0 Å². The number of carbonyl (C=O) groups is 1. The molecular formula is C16H12F2N4OS2. The number of carbonyl (C=O) groups excluding carboxylic acids is 1. The Bertz CT molecular complexity index is 841. The summed E-state index contributed by atoms with van der Waals surface area (Å²) in [5.74, 6) is 0.362. The summed E-state index contributed by atoms with van der Waals surface area (Å²) in [7, 11) is 0. The lowest BCUT2D eigenvalue weighted by Gasteiger charge is -2.04. The van der Waals surface area contributed by atoms with E-state index in [1.807, 2.05) is 30.5 Å². The Morgan fingerprint density at radius 1 is 1.20 bits per heavy atom. The van der Waals surface area contributed by atoms with Crippen LogP contribution >= 0.6 is 23.1 Å². The maximum atomic E-state index is 12.5. The van der Waals surface area contributed by atoms with E-state index < -0.39 is 17.3 Å². The first-order valence-electron chi connectivity index (χ1n) is 7.16. The van der Waals surface area contributed by atoms with Crippen molar-refractivity contribution in [1.29, 1.82) is 0 Å². The second-order valence-corrected chi connectivity index (χ2v) is 6.93. The first kappa shape index (κ1) is 17.4. The maximum absolute atomic E-state index is 12.5. The van der Waals surface area contributed by atoms with Crippen molar-refractivity contribution in [2.75, 3.05) is 5.32 Å². The molecule has 0 fully saturated rings. The van der Waals surface area contributed by atoms with Crippen LogP contribution in [0.4, 0.5) is 13.9 Å². The highest BCUT2D eigenvalue weighted by atomic mass is 32.2. The molecule has 0 spiro atoms. The summed E-state index contributed by atoms with van der Waals surface area (Å²) >= 11 is 2.29. The quantitative estimate of drug-likeness (QED) is 0.643. The Morgan fingerprint density at radius 3 is 2.64 bits per heavy atom. The highest BCUT2D eigenvalue weighted by molar-refractivity contribution is 7.98. The van der Waals surface area contributed by atoms with Gasteiger partial charge in [-0.1, -0.05) is 17.4 Å². The summed E-state index contributed by atoms with van der Waals surface area (Å²) < 4.78 is 24.9. The number of alkyl halides is 2. The zero-order valence-electron chi connectivity index (χ0n) is 12.7. The Kier molecular flexibility index (Phi) is 5.67. The zero-order valence-corrected chi connectivity index (χ0v) is 14.4. The second-order valence-electron chi connectivity index (χ2n) is 4.87. The van der Waals surface area contributed by atoms with E-state index in [-0.39, 0.29) is 5.13 Å². The van der Waals surface area contributed by atoms with Gasteiger partial charge in [-0.05, 0) is 35.9 Å². The van der Waals surface area contributed by atoms with Gasteiger partial charge in [-0.3, -0.25) is 15.1 Å². The molecule has 2 aromatic heterocycles. The van der Waals surface area contributed by atoms with Crippen molar-refractivity contribution in [2.24, 2.45) is 0 Å². The van der Waals surface area contributed by atoms with Crippen LogP contribution in [0.5, 0.6) is 0 Å². The van der Waals surface area contributed by atoms with Crippen LogP contribution in [0.2, 0.25) is 0 Å². The number of amides is 1. The number of pyridine rings is 1. The molecule has 0 saturated carbocycles. The highest BCUT2D eigenvalue weighted by Gasteiger charge is 2.16. The first-order valence-corrected chi connectivity index (χ1v) is 8.96. The molecule has 128 valence electrons. The lowest BCUT2D eigenvalue weighted by Crippen LogP contribution is -2.11. The summed E-state index contributed by atoms with van der Waals surface area (Å²) in [6, 6.07) is 10.9. The van der Waals surface area contributed by atoms with Gasteiger partial charge in [0.1, 0.15) is 0 Å². The molecule has 0 aliphatic rings. The number of thioether (sulfide) groups is 1. The molecular weight excluding hydrogens is 366 g/mol. The molecule has 0 bridgehead atoms. The van der Waals surface area contributed by atoms with Gasteiger partial charge in [-0.2, -0.15) is 0 Å². The van der Waals surface area contributed by atoms with Crippen molar-refractivity contribution < 1.29 is 13.6 Å². The van der Waals surface area contributed by atoms with Gasteiger partial charge in [-0.25, -0.2) is 8.78 Å². The number of hydrogen-bond donors (Lipinski definition) is 1. The van der Waals surface area contributed by atoms with E-state index in [1.54, 1.807) is 30.1 Å². The van der Waals surface area contributed by atoms with E-state index in [9.17, 15) is 13.6 Å². The number of nitrogens with zero attached hydrogens (tertiary/aromatic N) is 3. The van der Waals surface area contributed by atoms with Gasteiger partial charge in [0.2, 0.25) is 5.13 Å². The summed E-state index contributed by atoms with van der Waals surface area (Å²) in [5.41, 5.74) is 1.53. The fourth-order valence-corrected chi connectivity index (χ4v) is 3.32. The van der Waals surface area contributed by atoms with Crippen LogP contribution in [0, 0.1) is 0 Å². The number of benzene rings is 1. The Hall–Kier alpha value is -2.39. The van der Waals surface area contributed by atoms with E-state index in [4.69, 9.17) is 0 Å². The third kappa shape index (κ3) is 4.80. The first-order chi connectivity index (χ1) is 12.1. The largest absolute Gasteiger partial charge is 0.296 e. The van der Waals surface area contributed by atoms with E-state index in [1.165, 1.54) is 0 Å². The molecule has 5 nitrogen and oxygen atoms in total. The van der Waals surface area contributed by atoms with Gasteiger partial charge < -0.3 is 0 Å². The van der Waals surface area contributed by atoms with Gasteiger partial charge in [0.25, 0.3) is 12.3 Å². The monoisotopic (exact) mass is 378 g/mol. The average molecular weight is 378 g/mol. The topological polar surface area (TPSA) is 67.8 Å². The maximum Gasteiger partial charge on any atom is 0.291 e. The smallest absolute Gasteiger partial charge is 0.291 e. The molecule has 0 unspecified atom stereocenters. The summed E-state index contributed by atoms with van der Waals surface area (Å²) in [6.07, 6.45) is 0.841. The molecule has 25 heavy (non-hydrogen) atoms. The van der Waals surface area contributed by atoms with Crippen molar-refractivity contribution in [1.82, 2.24) is 15.2 Å². The Morgan fingerprint density at radius 2 is 2.00 bits per heavy atom. The third-order valence-electron chi connectivity index (χ3n) is 3.09. The summed E-state index contributed by atoms with van der Waals surface area (Å²) in [4.78, 5) is 17.2. The molecule has 0 saturated heterocycles. The number of anilines is 1. The molecule has 2 heterocycles. The number of hydrogen-bond acceptors (Lipinski definition) is 6. The van der Waals surface area contributed by atoms with Gasteiger partial charge in [0.15, 0.2) is 5.01 Å². The number of rotatable bonds is 6. The van der Waals surface area contributed by atoms with Crippen molar-refractivity contribution >= 4 is 34.1 Å². The molecule has 0 aliphatic heterocycles. The molecule has 0 aliphatic carbocycles.